The van der Waals surface area contributed by atoms with Crippen LogP contribution in [-0.4, -0.2) is 37.7 Å². The normalized spacial score (nSPS) is 10.4. The van der Waals surface area contributed by atoms with E-state index in [9.17, 15) is 9.90 Å². The van der Waals surface area contributed by atoms with E-state index in [0.717, 1.165) is 11.3 Å². The van der Waals surface area contributed by atoms with Crippen LogP contribution in [0.25, 0.3) is 28.2 Å². The van der Waals surface area contributed by atoms with Crippen molar-refractivity contribution in [1.82, 2.24) is 19.5 Å². The van der Waals surface area contributed by atoms with Gasteiger partial charge in [-0.1, -0.05) is 26.0 Å². The molecule has 0 saturated carbocycles. The van der Waals surface area contributed by atoms with Gasteiger partial charge in [-0.15, -0.1) is 0 Å². The van der Waals surface area contributed by atoms with Crippen molar-refractivity contribution >= 4 is 23.0 Å². The van der Waals surface area contributed by atoms with Crippen molar-refractivity contribution in [3.63, 3.8) is 0 Å². The topological polar surface area (TPSA) is 116 Å². The lowest BCUT2D eigenvalue weighted by Gasteiger charge is -2.11. The Morgan fingerprint density at radius 2 is 1.83 bits per heavy atom. The Bertz CT molecular complexity index is 1170. The molecule has 0 aliphatic heterocycles. The van der Waals surface area contributed by atoms with Crippen molar-refractivity contribution in [2.24, 2.45) is 0 Å². The van der Waals surface area contributed by atoms with E-state index in [1.54, 1.807) is 29.0 Å². The Morgan fingerprint density at radius 1 is 1.10 bits per heavy atom. The van der Waals surface area contributed by atoms with Gasteiger partial charge in [-0.05, 0) is 42.0 Å². The molecule has 0 spiro atoms. The van der Waals surface area contributed by atoms with Crippen LogP contribution in [0.3, 0.4) is 0 Å². The molecular formula is C22H23N5O3. The van der Waals surface area contributed by atoms with Crippen LogP contribution in [0.1, 0.15) is 29.9 Å². The van der Waals surface area contributed by atoms with Gasteiger partial charge in [0.2, 0.25) is 0 Å². The smallest absolute Gasteiger partial charge is 0.356 e. The Labute approximate surface area is 174 Å². The summed E-state index contributed by atoms with van der Waals surface area (Å²) in [6, 6.07) is 14.2. The van der Waals surface area contributed by atoms with E-state index in [1.165, 1.54) is 7.11 Å². The first-order valence-corrected chi connectivity index (χ1v) is 9.51. The predicted octanol–water partition coefficient (Wildman–Crippen LogP) is 3.37. The molecule has 8 heteroatoms. The number of carbonyl (C=O) groups excluding carboxylic acids is 1. The number of pyridine rings is 2. The zero-order valence-corrected chi connectivity index (χ0v) is 17.0. The summed E-state index contributed by atoms with van der Waals surface area (Å²) in [6.45, 7) is 3.94. The van der Waals surface area contributed by atoms with Crippen LogP contribution >= 0.6 is 0 Å². The summed E-state index contributed by atoms with van der Waals surface area (Å²) in [7, 11) is 1.31. The van der Waals surface area contributed by atoms with Crippen LogP contribution < -0.4 is 5.73 Å². The zero-order valence-electron chi connectivity index (χ0n) is 17.0. The van der Waals surface area contributed by atoms with E-state index < -0.39 is 5.97 Å². The lowest BCUT2D eigenvalue weighted by atomic mass is 10.2. The molecule has 3 aromatic heterocycles. The van der Waals surface area contributed by atoms with Crippen molar-refractivity contribution in [1.29, 1.82) is 0 Å². The van der Waals surface area contributed by atoms with Crippen LogP contribution in [0.15, 0.2) is 54.7 Å². The minimum atomic E-state index is -0.535. The average Bonchev–Trinajstić information content (AvgIpc) is 3.18. The van der Waals surface area contributed by atoms with E-state index in [-0.39, 0.29) is 12.3 Å². The second-order valence-electron chi connectivity index (χ2n) is 6.06. The number of imidazole rings is 1. The Kier molecular flexibility index (Phi) is 6.38. The maximum Gasteiger partial charge on any atom is 0.356 e. The number of ether oxygens (including phenoxy) is 1. The molecule has 0 unspecified atom stereocenters. The van der Waals surface area contributed by atoms with Crippen LogP contribution in [-0.2, 0) is 11.3 Å². The van der Waals surface area contributed by atoms with Crippen LogP contribution in [0.4, 0.5) is 5.82 Å². The fourth-order valence-corrected chi connectivity index (χ4v) is 2.96. The number of fused-ring (bicyclic) bond motifs is 1. The molecule has 3 heterocycles. The highest BCUT2D eigenvalue weighted by Crippen LogP contribution is 2.30. The van der Waals surface area contributed by atoms with Crippen LogP contribution in [0.2, 0.25) is 0 Å². The van der Waals surface area contributed by atoms with Gasteiger partial charge in [-0.2, -0.15) is 0 Å². The first-order valence-electron chi connectivity index (χ1n) is 9.51. The first-order chi connectivity index (χ1) is 14.6. The third-order valence-corrected chi connectivity index (χ3v) is 4.36. The summed E-state index contributed by atoms with van der Waals surface area (Å²) < 4.78 is 6.58. The fourth-order valence-electron chi connectivity index (χ4n) is 2.96. The van der Waals surface area contributed by atoms with E-state index in [2.05, 4.69) is 15.0 Å². The molecule has 0 saturated heterocycles. The number of anilines is 1. The number of hydrogen-bond donors (Lipinski definition) is 2. The van der Waals surface area contributed by atoms with Gasteiger partial charge in [0.05, 0.1) is 19.3 Å². The Morgan fingerprint density at radius 3 is 2.47 bits per heavy atom. The number of carbonyl (C=O) groups is 1. The van der Waals surface area contributed by atoms with Crippen molar-refractivity contribution in [3.05, 3.63) is 66.0 Å². The third-order valence-electron chi connectivity index (χ3n) is 4.36. The largest absolute Gasteiger partial charge is 0.464 e. The highest BCUT2D eigenvalue weighted by Gasteiger charge is 2.19. The van der Waals surface area contributed by atoms with Gasteiger partial charge in [-0.3, -0.25) is 4.57 Å². The second-order valence-corrected chi connectivity index (χ2v) is 6.06. The summed E-state index contributed by atoms with van der Waals surface area (Å²) in [5, 5.41) is 9.32. The molecule has 8 nitrogen and oxygen atoms in total. The summed E-state index contributed by atoms with van der Waals surface area (Å²) in [5.41, 5.74) is 9.51. The molecule has 0 fully saturated rings. The number of aliphatic hydroxyl groups is 1. The van der Waals surface area contributed by atoms with Crippen molar-refractivity contribution in [3.8, 4) is 17.1 Å². The Hall–Kier alpha value is -3.78. The molecule has 0 aliphatic rings. The molecule has 0 bridgehead atoms. The van der Waals surface area contributed by atoms with E-state index in [1.807, 2.05) is 44.2 Å². The number of rotatable bonds is 4. The fraction of sp³-hybridized carbons (Fsp3) is 0.182. The number of methoxy groups -OCH3 is 1. The molecule has 0 amide bonds. The summed E-state index contributed by atoms with van der Waals surface area (Å²) in [4.78, 5) is 25.2. The number of aliphatic hydroxyl groups excluding tert-OH is 1. The SMILES string of the molecule is CC.COC(=O)c1ccc2nc(-c3cccnc3N)n(-c3ccc(CO)cc3)c2n1. The molecule has 1 aromatic carbocycles. The van der Waals surface area contributed by atoms with E-state index in [4.69, 9.17) is 10.5 Å². The monoisotopic (exact) mass is 405 g/mol. The number of hydrogen-bond acceptors (Lipinski definition) is 7. The highest BCUT2D eigenvalue weighted by atomic mass is 16.5. The standard InChI is InChI=1S/C20H17N5O3.C2H6/c1-28-20(27)16-9-8-15-19(24-16)25(13-6-4-12(11-26)5-7-13)18(23-15)14-3-2-10-22-17(14)21;1-2/h2-10,26H,11H2,1H3,(H2,21,22);1-2H3. The van der Waals surface area contributed by atoms with Gasteiger partial charge in [0.15, 0.2) is 17.2 Å². The lowest BCUT2D eigenvalue weighted by molar-refractivity contribution is 0.0594. The van der Waals surface area contributed by atoms with Crippen LogP contribution in [0.5, 0.6) is 0 Å². The van der Waals surface area contributed by atoms with Gasteiger partial charge >= 0.3 is 5.97 Å². The quantitative estimate of drug-likeness (QED) is 0.500. The minimum absolute atomic E-state index is 0.0574. The molecule has 3 N–H and O–H groups in total. The maximum atomic E-state index is 11.9. The molecule has 4 aromatic rings. The maximum absolute atomic E-state index is 11.9. The molecular weight excluding hydrogens is 382 g/mol. The Balaban J connectivity index is 0.00000124. The second kappa shape index (κ2) is 9.15. The lowest BCUT2D eigenvalue weighted by Crippen LogP contribution is -2.06. The first kappa shape index (κ1) is 20.9. The predicted molar refractivity (Wildman–Crippen MR) is 115 cm³/mol. The molecule has 30 heavy (non-hydrogen) atoms. The molecule has 0 atom stereocenters. The average molecular weight is 405 g/mol. The summed E-state index contributed by atoms with van der Waals surface area (Å²) >= 11 is 0. The minimum Gasteiger partial charge on any atom is -0.464 e. The molecule has 4 rings (SSSR count). The van der Waals surface area contributed by atoms with Gasteiger partial charge in [-0.25, -0.2) is 19.7 Å². The van der Waals surface area contributed by atoms with Crippen molar-refractivity contribution < 1.29 is 14.6 Å². The van der Waals surface area contributed by atoms with Gasteiger partial charge in [0, 0.05) is 11.9 Å². The number of benzene rings is 1. The van der Waals surface area contributed by atoms with Gasteiger partial charge in [0.25, 0.3) is 0 Å². The number of nitrogens with two attached hydrogens (primary N) is 1. The summed E-state index contributed by atoms with van der Waals surface area (Å²) in [5.74, 6) is 0.346. The summed E-state index contributed by atoms with van der Waals surface area (Å²) in [6.07, 6.45) is 1.61. The van der Waals surface area contributed by atoms with Crippen LogP contribution in [0, 0.1) is 0 Å². The highest BCUT2D eigenvalue weighted by molar-refractivity contribution is 5.91. The van der Waals surface area contributed by atoms with Crippen molar-refractivity contribution in [2.75, 3.05) is 12.8 Å². The number of aromatic nitrogens is 4. The molecule has 0 aliphatic carbocycles. The van der Waals surface area contributed by atoms with E-state index in [0.29, 0.717) is 28.4 Å². The number of esters is 1. The molecule has 154 valence electrons. The number of nitrogens with zero attached hydrogens (tertiary/aromatic N) is 4. The van der Waals surface area contributed by atoms with Gasteiger partial charge < -0.3 is 15.6 Å². The van der Waals surface area contributed by atoms with Gasteiger partial charge in [0.1, 0.15) is 11.3 Å². The zero-order chi connectivity index (χ0) is 21.7. The van der Waals surface area contributed by atoms with E-state index >= 15 is 0 Å². The number of nitrogen functional groups attached to an aromatic ring is 1. The third kappa shape index (κ3) is 3.85. The van der Waals surface area contributed by atoms with Crippen molar-refractivity contribution in [2.45, 2.75) is 20.5 Å². The molecule has 0 radical (unpaired) electrons.